The van der Waals surface area contributed by atoms with Gasteiger partial charge in [0.05, 0.1) is 22.7 Å². The Labute approximate surface area is 216 Å². The van der Waals surface area contributed by atoms with Crippen molar-refractivity contribution in [1.29, 1.82) is 0 Å². The van der Waals surface area contributed by atoms with Crippen LogP contribution in [0.1, 0.15) is 0 Å². The second kappa shape index (κ2) is 11.8. The number of ether oxygens (including phenoxy) is 4. The molecule has 0 aliphatic heterocycles. The van der Waals surface area contributed by atoms with E-state index in [2.05, 4.69) is 0 Å². The monoisotopic (exact) mass is 500 g/mol. The lowest BCUT2D eigenvalue weighted by molar-refractivity contribution is -0.00277. The molecule has 0 heterocycles. The quantitative estimate of drug-likeness (QED) is 0.207. The molecule has 4 aromatic carbocycles. The summed E-state index contributed by atoms with van der Waals surface area (Å²) in [7, 11) is 0. The van der Waals surface area contributed by atoms with Crippen molar-refractivity contribution in [3.05, 3.63) is 97.1 Å². The van der Waals surface area contributed by atoms with E-state index in [-0.39, 0.29) is 26.4 Å². The fourth-order valence-electron chi connectivity index (χ4n) is 3.62. The average Bonchev–Trinajstić information content (AvgIpc) is 2.91. The molecule has 0 fully saturated rings. The van der Waals surface area contributed by atoms with Crippen molar-refractivity contribution in [2.45, 2.75) is 0 Å². The molecule has 192 valence electrons. The number of nitrogens with two attached hydrogens (primary N) is 4. The lowest BCUT2D eigenvalue weighted by Crippen LogP contribution is -2.45. The zero-order chi connectivity index (χ0) is 26.1. The first kappa shape index (κ1) is 25.4. The van der Waals surface area contributed by atoms with Crippen molar-refractivity contribution >= 4 is 22.7 Å². The van der Waals surface area contributed by atoms with Crippen LogP contribution in [-0.2, 0) is 0 Å². The Morgan fingerprint density at radius 2 is 0.595 bits per heavy atom. The van der Waals surface area contributed by atoms with Gasteiger partial charge in [-0.1, -0.05) is 48.5 Å². The highest BCUT2D eigenvalue weighted by molar-refractivity contribution is 5.54. The second-order valence-electron chi connectivity index (χ2n) is 8.81. The minimum atomic E-state index is -0.824. The molecule has 0 aliphatic carbocycles. The van der Waals surface area contributed by atoms with E-state index < -0.39 is 5.41 Å². The topological polar surface area (TPSA) is 141 Å². The number of benzene rings is 4. The molecule has 0 spiro atoms. The minimum absolute atomic E-state index is 0.160. The van der Waals surface area contributed by atoms with E-state index in [1.807, 2.05) is 72.8 Å². The van der Waals surface area contributed by atoms with Gasteiger partial charge in [0, 0.05) is 0 Å². The fourth-order valence-corrected chi connectivity index (χ4v) is 3.62. The summed E-state index contributed by atoms with van der Waals surface area (Å²) in [5.41, 5.74) is 25.8. The molecule has 37 heavy (non-hydrogen) atoms. The highest BCUT2D eigenvalue weighted by Gasteiger charge is 2.36. The molecule has 0 saturated carbocycles. The van der Waals surface area contributed by atoms with Crippen molar-refractivity contribution in [3.8, 4) is 23.0 Å². The Morgan fingerprint density at radius 3 is 0.811 bits per heavy atom. The minimum Gasteiger partial charge on any atom is -0.490 e. The number of anilines is 4. The van der Waals surface area contributed by atoms with Crippen molar-refractivity contribution in [1.82, 2.24) is 0 Å². The van der Waals surface area contributed by atoms with Gasteiger partial charge < -0.3 is 41.9 Å². The maximum Gasteiger partial charge on any atom is 0.142 e. The Bertz CT molecular complexity index is 1110. The van der Waals surface area contributed by atoms with Gasteiger partial charge in [-0.2, -0.15) is 0 Å². The molecule has 0 radical (unpaired) electrons. The van der Waals surface area contributed by atoms with Gasteiger partial charge in [0.15, 0.2) is 0 Å². The molecule has 0 atom stereocenters. The molecule has 0 amide bonds. The number of hydrogen-bond donors (Lipinski definition) is 4. The predicted octanol–water partition coefficient (Wildman–Crippen LogP) is 4.62. The third-order valence-electron chi connectivity index (χ3n) is 5.81. The SMILES string of the molecule is Nc1ccccc1OCC(COc1ccccc1N)(COc1ccccc1N)COc1ccccc1N. The van der Waals surface area contributed by atoms with Gasteiger partial charge in [-0.05, 0) is 48.5 Å². The normalized spacial score (nSPS) is 11.0. The summed E-state index contributed by atoms with van der Waals surface area (Å²) in [4.78, 5) is 0. The molecule has 4 rings (SSSR count). The maximum atomic E-state index is 6.20. The summed E-state index contributed by atoms with van der Waals surface area (Å²) in [6, 6.07) is 29.2. The van der Waals surface area contributed by atoms with Gasteiger partial charge in [-0.15, -0.1) is 0 Å². The highest BCUT2D eigenvalue weighted by Crippen LogP contribution is 2.31. The van der Waals surface area contributed by atoms with E-state index in [0.29, 0.717) is 45.7 Å². The summed E-state index contributed by atoms with van der Waals surface area (Å²) in [5.74, 6) is 2.18. The second-order valence-corrected chi connectivity index (χ2v) is 8.81. The molecule has 8 N–H and O–H groups in total. The van der Waals surface area contributed by atoms with Crippen molar-refractivity contribution in [2.24, 2.45) is 5.41 Å². The van der Waals surface area contributed by atoms with Crippen LogP contribution < -0.4 is 41.9 Å². The van der Waals surface area contributed by atoms with Gasteiger partial charge >= 0.3 is 0 Å². The van der Waals surface area contributed by atoms with E-state index >= 15 is 0 Å². The number of rotatable bonds is 12. The standard InChI is InChI=1S/C29H32N4O4/c30-21-9-1-5-13-25(21)34-17-29(18-35-26-14-6-2-10-22(26)31,19-36-27-15-7-3-11-23(27)32)20-37-28-16-8-4-12-24(28)33/h1-16H,17-20,30-33H2. The Morgan fingerprint density at radius 1 is 0.378 bits per heavy atom. The van der Waals surface area contributed by atoms with Gasteiger partial charge in [-0.3, -0.25) is 0 Å². The van der Waals surface area contributed by atoms with Crippen LogP contribution in [0.2, 0.25) is 0 Å². The van der Waals surface area contributed by atoms with Gasteiger partial charge in [-0.25, -0.2) is 0 Å². The van der Waals surface area contributed by atoms with Crippen molar-refractivity contribution in [3.63, 3.8) is 0 Å². The molecule has 0 aromatic heterocycles. The van der Waals surface area contributed by atoms with Gasteiger partial charge in [0.25, 0.3) is 0 Å². The molecular weight excluding hydrogens is 468 g/mol. The van der Waals surface area contributed by atoms with Crippen molar-refractivity contribution < 1.29 is 18.9 Å². The van der Waals surface area contributed by atoms with Crippen LogP contribution in [0.4, 0.5) is 22.7 Å². The number of para-hydroxylation sites is 8. The Kier molecular flexibility index (Phi) is 8.10. The smallest absolute Gasteiger partial charge is 0.142 e. The van der Waals surface area contributed by atoms with Crippen LogP contribution in [0.15, 0.2) is 97.1 Å². The number of hydrogen-bond acceptors (Lipinski definition) is 8. The Balaban J connectivity index is 1.64. The van der Waals surface area contributed by atoms with E-state index in [1.165, 1.54) is 0 Å². The van der Waals surface area contributed by atoms with Crippen LogP contribution >= 0.6 is 0 Å². The third-order valence-corrected chi connectivity index (χ3v) is 5.81. The van der Waals surface area contributed by atoms with Crippen LogP contribution in [0.25, 0.3) is 0 Å². The van der Waals surface area contributed by atoms with E-state index in [4.69, 9.17) is 41.9 Å². The summed E-state index contributed by atoms with van der Waals surface area (Å²) in [5, 5.41) is 0. The predicted molar refractivity (Wildman–Crippen MR) is 148 cm³/mol. The number of nitrogen functional groups attached to an aromatic ring is 4. The summed E-state index contributed by atoms with van der Waals surface area (Å²) in [6.45, 7) is 0.641. The first-order chi connectivity index (χ1) is 18.0. The molecule has 4 aromatic rings. The van der Waals surface area contributed by atoms with Gasteiger partial charge in [0.1, 0.15) is 54.8 Å². The first-order valence-corrected chi connectivity index (χ1v) is 11.8. The van der Waals surface area contributed by atoms with Gasteiger partial charge in [0.2, 0.25) is 0 Å². The molecule has 0 aliphatic rings. The van der Waals surface area contributed by atoms with Crippen LogP contribution in [0, 0.1) is 5.41 Å². The summed E-state index contributed by atoms with van der Waals surface area (Å²) in [6.07, 6.45) is 0. The first-order valence-electron chi connectivity index (χ1n) is 11.8. The molecule has 0 unspecified atom stereocenters. The molecule has 8 nitrogen and oxygen atoms in total. The van der Waals surface area contributed by atoms with E-state index in [9.17, 15) is 0 Å². The van der Waals surface area contributed by atoms with Crippen LogP contribution in [0.5, 0.6) is 23.0 Å². The average molecular weight is 501 g/mol. The zero-order valence-corrected chi connectivity index (χ0v) is 20.5. The maximum absolute atomic E-state index is 6.20. The highest BCUT2D eigenvalue weighted by atomic mass is 16.5. The molecular formula is C29H32N4O4. The third kappa shape index (κ3) is 6.70. The molecule has 8 heteroatoms. The van der Waals surface area contributed by atoms with Crippen LogP contribution in [-0.4, -0.2) is 26.4 Å². The van der Waals surface area contributed by atoms with E-state index in [0.717, 1.165) is 0 Å². The lowest BCUT2D eigenvalue weighted by atomic mass is 9.92. The summed E-state index contributed by atoms with van der Waals surface area (Å²) >= 11 is 0. The summed E-state index contributed by atoms with van der Waals surface area (Å²) < 4.78 is 24.8. The fraction of sp³-hybridized carbons (Fsp3) is 0.172. The van der Waals surface area contributed by atoms with Crippen molar-refractivity contribution in [2.75, 3.05) is 49.4 Å². The van der Waals surface area contributed by atoms with Crippen LogP contribution in [0.3, 0.4) is 0 Å². The lowest BCUT2D eigenvalue weighted by Gasteiger charge is -2.33. The Hall–Kier alpha value is -4.72. The zero-order valence-electron chi connectivity index (χ0n) is 20.5. The van der Waals surface area contributed by atoms with E-state index in [1.54, 1.807) is 24.3 Å². The molecule has 0 saturated heterocycles. The molecule has 0 bridgehead atoms. The largest absolute Gasteiger partial charge is 0.490 e.